The Morgan fingerprint density at radius 3 is 2.04 bits per heavy atom. The first-order valence-electron chi connectivity index (χ1n) is 8.53. The molecule has 4 rings (SSSR count). The number of rotatable bonds is 2. The number of benzene rings is 3. The number of fused-ring (bicyclic) bond motifs is 1. The lowest BCUT2D eigenvalue weighted by atomic mass is 9.78. The highest BCUT2D eigenvalue weighted by atomic mass is 14.4. The Bertz CT molecular complexity index is 1000. The second-order valence-corrected chi connectivity index (χ2v) is 6.98. The maximum atomic E-state index is 9.10. The van der Waals surface area contributed by atoms with Gasteiger partial charge >= 0.3 is 0 Å². The second kappa shape index (κ2) is 5.76. The molecule has 3 aromatic carbocycles. The van der Waals surface area contributed by atoms with E-state index >= 15 is 0 Å². The molecule has 0 fully saturated rings. The van der Waals surface area contributed by atoms with Crippen LogP contribution < -0.4 is 0 Å². The van der Waals surface area contributed by atoms with Crippen LogP contribution in [0.5, 0.6) is 0 Å². The summed E-state index contributed by atoms with van der Waals surface area (Å²) in [6.45, 7) is 4.59. The highest BCUT2D eigenvalue weighted by molar-refractivity contribution is 6.07. The Morgan fingerprint density at radius 2 is 1.36 bits per heavy atom. The molecule has 3 aromatic rings. The molecule has 120 valence electrons. The highest BCUT2D eigenvalue weighted by Gasteiger charge is 2.38. The maximum absolute atomic E-state index is 9.10. The number of nitrogens with zero attached hydrogens (tertiary/aromatic N) is 1. The number of nitriles is 1. The van der Waals surface area contributed by atoms with E-state index in [2.05, 4.69) is 86.6 Å². The molecule has 0 unspecified atom stereocenters. The van der Waals surface area contributed by atoms with Crippen LogP contribution >= 0.6 is 0 Å². The summed E-state index contributed by atoms with van der Waals surface area (Å²) in [5, 5.41) is 9.10. The van der Waals surface area contributed by atoms with Crippen LogP contribution in [-0.4, -0.2) is 0 Å². The average Bonchev–Trinajstić information content (AvgIpc) is 2.90. The van der Waals surface area contributed by atoms with Crippen molar-refractivity contribution in [3.63, 3.8) is 0 Å². The molecule has 0 bridgehead atoms. The van der Waals surface area contributed by atoms with Gasteiger partial charge in [0, 0.05) is 5.41 Å². The fourth-order valence-electron chi connectivity index (χ4n) is 3.95. The SMILES string of the molecule is CC1(C)C(c2ccccc2)=C(c2ccc(C#N)cc2)c2ccccc21. The first kappa shape index (κ1) is 15.4. The van der Waals surface area contributed by atoms with E-state index in [-0.39, 0.29) is 5.41 Å². The van der Waals surface area contributed by atoms with E-state index in [9.17, 15) is 0 Å². The fourth-order valence-corrected chi connectivity index (χ4v) is 3.95. The zero-order valence-electron chi connectivity index (χ0n) is 14.5. The van der Waals surface area contributed by atoms with Gasteiger partial charge < -0.3 is 0 Å². The number of hydrogen-bond donors (Lipinski definition) is 0. The molecule has 0 radical (unpaired) electrons. The topological polar surface area (TPSA) is 23.8 Å². The summed E-state index contributed by atoms with van der Waals surface area (Å²) in [5.74, 6) is 0. The Hall–Kier alpha value is -3.11. The second-order valence-electron chi connectivity index (χ2n) is 6.98. The van der Waals surface area contributed by atoms with Gasteiger partial charge in [-0.2, -0.15) is 5.26 Å². The van der Waals surface area contributed by atoms with Crippen LogP contribution in [0.25, 0.3) is 11.1 Å². The van der Waals surface area contributed by atoms with Crippen LogP contribution in [-0.2, 0) is 5.41 Å². The van der Waals surface area contributed by atoms with E-state index in [1.165, 1.54) is 27.8 Å². The van der Waals surface area contributed by atoms with Gasteiger partial charge in [-0.05, 0) is 45.5 Å². The van der Waals surface area contributed by atoms with Crippen LogP contribution in [0.15, 0.2) is 78.9 Å². The third-order valence-electron chi connectivity index (χ3n) is 5.11. The van der Waals surface area contributed by atoms with Crippen molar-refractivity contribution >= 4 is 11.1 Å². The van der Waals surface area contributed by atoms with Crippen molar-refractivity contribution in [3.05, 3.63) is 107 Å². The highest BCUT2D eigenvalue weighted by Crippen LogP contribution is 2.52. The molecule has 1 heteroatoms. The minimum Gasteiger partial charge on any atom is -0.192 e. The molecule has 0 saturated carbocycles. The summed E-state index contributed by atoms with van der Waals surface area (Å²) in [5.41, 5.74) is 8.30. The standard InChI is InChI=1S/C24H19N/c1-24(2)21-11-7-6-10-20(21)22(18-14-12-17(16-25)13-15-18)23(24)19-8-4-3-5-9-19/h3-15H,1-2H3. The molecule has 1 aliphatic carbocycles. The predicted octanol–water partition coefficient (Wildman–Crippen LogP) is 5.81. The molecule has 0 amide bonds. The minimum atomic E-state index is -0.0683. The lowest BCUT2D eigenvalue weighted by Crippen LogP contribution is -2.16. The lowest BCUT2D eigenvalue weighted by molar-refractivity contribution is 0.704. The third kappa shape index (κ3) is 2.39. The maximum Gasteiger partial charge on any atom is 0.0991 e. The van der Waals surface area contributed by atoms with Crippen molar-refractivity contribution in [2.75, 3.05) is 0 Å². The van der Waals surface area contributed by atoms with Crippen molar-refractivity contribution in [2.45, 2.75) is 19.3 Å². The lowest BCUT2D eigenvalue weighted by Gasteiger charge is -2.25. The van der Waals surface area contributed by atoms with Gasteiger partial charge in [0.25, 0.3) is 0 Å². The van der Waals surface area contributed by atoms with E-state index < -0.39 is 0 Å². The Kier molecular flexibility index (Phi) is 3.55. The molecule has 0 N–H and O–H groups in total. The monoisotopic (exact) mass is 321 g/mol. The molecule has 0 heterocycles. The molecule has 0 atom stereocenters. The van der Waals surface area contributed by atoms with Crippen LogP contribution in [0.4, 0.5) is 0 Å². The quantitative estimate of drug-likeness (QED) is 0.584. The Balaban J connectivity index is 2.04. The first-order chi connectivity index (χ1) is 12.1. The average molecular weight is 321 g/mol. The van der Waals surface area contributed by atoms with Gasteiger partial charge in [-0.25, -0.2) is 0 Å². The predicted molar refractivity (Wildman–Crippen MR) is 103 cm³/mol. The Morgan fingerprint density at radius 1 is 0.720 bits per heavy atom. The molecule has 0 spiro atoms. The molecule has 25 heavy (non-hydrogen) atoms. The largest absolute Gasteiger partial charge is 0.192 e. The summed E-state index contributed by atoms with van der Waals surface area (Å²) in [7, 11) is 0. The number of allylic oxidation sites excluding steroid dienone is 1. The minimum absolute atomic E-state index is 0.0683. The van der Waals surface area contributed by atoms with Gasteiger partial charge in [-0.3, -0.25) is 0 Å². The van der Waals surface area contributed by atoms with Gasteiger partial charge in [0.1, 0.15) is 0 Å². The van der Waals surface area contributed by atoms with Crippen LogP contribution in [0.3, 0.4) is 0 Å². The molecule has 0 aromatic heterocycles. The normalized spacial score (nSPS) is 14.9. The van der Waals surface area contributed by atoms with E-state index in [1.807, 2.05) is 12.1 Å². The zero-order valence-corrected chi connectivity index (χ0v) is 14.5. The summed E-state index contributed by atoms with van der Waals surface area (Å²) in [6.07, 6.45) is 0. The van der Waals surface area contributed by atoms with Crippen molar-refractivity contribution < 1.29 is 0 Å². The van der Waals surface area contributed by atoms with Crippen molar-refractivity contribution in [3.8, 4) is 6.07 Å². The summed E-state index contributed by atoms with van der Waals surface area (Å²) in [4.78, 5) is 0. The van der Waals surface area contributed by atoms with E-state index in [0.29, 0.717) is 5.56 Å². The molecular formula is C24H19N. The summed E-state index contributed by atoms with van der Waals surface area (Å²) < 4.78 is 0. The molecule has 1 nitrogen and oxygen atoms in total. The van der Waals surface area contributed by atoms with Crippen LogP contribution in [0.1, 0.15) is 41.7 Å². The molecular weight excluding hydrogens is 302 g/mol. The van der Waals surface area contributed by atoms with Gasteiger partial charge in [0.05, 0.1) is 11.6 Å². The van der Waals surface area contributed by atoms with Crippen LogP contribution in [0.2, 0.25) is 0 Å². The van der Waals surface area contributed by atoms with Gasteiger partial charge in [-0.15, -0.1) is 0 Å². The van der Waals surface area contributed by atoms with Gasteiger partial charge in [0.15, 0.2) is 0 Å². The summed E-state index contributed by atoms with van der Waals surface area (Å²) in [6, 6.07) is 29.4. The smallest absolute Gasteiger partial charge is 0.0991 e. The van der Waals surface area contributed by atoms with Crippen molar-refractivity contribution in [2.24, 2.45) is 0 Å². The van der Waals surface area contributed by atoms with E-state index in [1.54, 1.807) is 0 Å². The van der Waals surface area contributed by atoms with Crippen molar-refractivity contribution in [1.29, 1.82) is 5.26 Å². The first-order valence-corrected chi connectivity index (χ1v) is 8.53. The van der Waals surface area contributed by atoms with Crippen molar-refractivity contribution in [1.82, 2.24) is 0 Å². The molecule has 1 aliphatic rings. The third-order valence-corrected chi connectivity index (χ3v) is 5.11. The fraction of sp³-hybridized carbons (Fsp3) is 0.125. The Labute approximate surface area is 148 Å². The van der Waals surface area contributed by atoms with E-state index in [0.717, 1.165) is 5.56 Å². The molecule has 0 saturated heterocycles. The van der Waals surface area contributed by atoms with Crippen LogP contribution in [0, 0.1) is 11.3 Å². The van der Waals surface area contributed by atoms with Gasteiger partial charge in [-0.1, -0.05) is 80.6 Å². The number of hydrogen-bond acceptors (Lipinski definition) is 1. The molecule has 0 aliphatic heterocycles. The van der Waals surface area contributed by atoms with E-state index in [4.69, 9.17) is 5.26 Å². The zero-order chi connectivity index (χ0) is 17.4. The summed E-state index contributed by atoms with van der Waals surface area (Å²) >= 11 is 0. The van der Waals surface area contributed by atoms with Gasteiger partial charge in [0.2, 0.25) is 0 Å².